The summed E-state index contributed by atoms with van der Waals surface area (Å²) in [5.74, 6) is 0.438. The van der Waals surface area contributed by atoms with Gasteiger partial charge in [0.05, 0.1) is 6.10 Å². The van der Waals surface area contributed by atoms with E-state index in [1.165, 1.54) is 12.8 Å². The van der Waals surface area contributed by atoms with Crippen molar-refractivity contribution in [3.8, 4) is 0 Å². The first kappa shape index (κ1) is 11.0. The lowest BCUT2D eigenvalue weighted by Gasteiger charge is -2.37. The van der Waals surface area contributed by atoms with Crippen LogP contribution in [0.25, 0.3) is 0 Å². The zero-order valence-electron chi connectivity index (χ0n) is 9.09. The maximum atomic E-state index is 9.80. The van der Waals surface area contributed by atoms with E-state index in [-0.39, 0.29) is 12.1 Å². The molecule has 13 heavy (non-hydrogen) atoms. The molecule has 0 spiro atoms. The standard InChI is InChI=1S/C11H23NO/c1-8(12)10(13)9-4-6-11(2,3)7-5-9/h8-10,13H,4-7,12H2,1-3H3. The van der Waals surface area contributed by atoms with Crippen LogP contribution < -0.4 is 5.73 Å². The van der Waals surface area contributed by atoms with Gasteiger partial charge in [0.1, 0.15) is 0 Å². The smallest absolute Gasteiger partial charge is 0.0716 e. The molecular formula is C11H23NO. The molecule has 0 amide bonds. The third-order valence-corrected chi connectivity index (χ3v) is 3.41. The molecule has 0 aromatic rings. The molecular weight excluding hydrogens is 162 g/mol. The average Bonchev–Trinajstić information content (AvgIpc) is 2.03. The first-order valence-corrected chi connectivity index (χ1v) is 5.36. The molecule has 2 nitrogen and oxygen atoms in total. The number of nitrogens with two attached hydrogens (primary N) is 1. The number of hydrogen-bond acceptors (Lipinski definition) is 2. The van der Waals surface area contributed by atoms with E-state index in [0.717, 1.165) is 12.8 Å². The minimum absolute atomic E-state index is 0.0776. The van der Waals surface area contributed by atoms with Gasteiger partial charge >= 0.3 is 0 Å². The van der Waals surface area contributed by atoms with E-state index in [4.69, 9.17) is 5.73 Å². The van der Waals surface area contributed by atoms with Gasteiger partial charge in [0.2, 0.25) is 0 Å². The molecule has 1 aliphatic rings. The molecule has 2 unspecified atom stereocenters. The summed E-state index contributed by atoms with van der Waals surface area (Å²) < 4.78 is 0. The van der Waals surface area contributed by atoms with Crippen molar-refractivity contribution in [3.63, 3.8) is 0 Å². The average molecular weight is 185 g/mol. The van der Waals surface area contributed by atoms with Crippen molar-refractivity contribution < 1.29 is 5.11 Å². The Kier molecular flexibility index (Phi) is 3.36. The second kappa shape index (κ2) is 3.97. The minimum atomic E-state index is -0.295. The van der Waals surface area contributed by atoms with Gasteiger partial charge in [0.15, 0.2) is 0 Å². The molecule has 0 saturated heterocycles. The Labute approximate surface area is 81.5 Å². The summed E-state index contributed by atoms with van der Waals surface area (Å²) in [5.41, 5.74) is 6.16. The Hall–Kier alpha value is -0.0800. The summed E-state index contributed by atoms with van der Waals surface area (Å²) in [6.45, 7) is 6.51. The van der Waals surface area contributed by atoms with Crippen molar-refractivity contribution in [2.24, 2.45) is 17.1 Å². The molecule has 0 heterocycles. The van der Waals surface area contributed by atoms with Crippen molar-refractivity contribution in [2.75, 3.05) is 0 Å². The zero-order valence-corrected chi connectivity index (χ0v) is 9.09. The molecule has 2 heteroatoms. The van der Waals surface area contributed by atoms with Crippen LogP contribution in [0.5, 0.6) is 0 Å². The molecule has 0 aliphatic heterocycles. The van der Waals surface area contributed by atoms with Crippen LogP contribution in [0, 0.1) is 11.3 Å². The molecule has 0 aromatic heterocycles. The predicted octanol–water partition coefficient (Wildman–Crippen LogP) is 1.91. The van der Waals surface area contributed by atoms with Crippen LogP contribution in [0.1, 0.15) is 46.5 Å². The maximum Gasteiger partial charge on any atom is 0.0716 e. The monoisotopic (exact) mass is 185 g/mol. The van der Waals surface area contributed by atoms with Gasteiger partial charge in [-0.15, -0.1) is 0 Å². The van der Waals surface area contributed by atoms with Crippen molar-refractivity contribution in [3.05, 3.63) is 0 Å². The van der Waals surface area contributed by atoms with Crippen LogP contribution in [0.4, 0.5) is 0 Å². The van der Waals surface area contributed by atoms with E-state index in [9.17, 15) is 5.11 Å². The summed E-state index contributed by atoms with van der Waals surface area (Å²) in [4.78, 5) is 0. The van der Waals surface area contributed by atoms with Gasteiger partial charge in [0, 0.05) is 6.04 Å². The van der Waals surface area contributed by atoms with Crippen LogP contribution >= 0.6 is 0 Å². The summed E-state index contributed by atoms with van der Waals surface area (Å²) in [6.07, 6.45) is 4.42. The number of hydrogen-bond donors (Lipinski definition) is 2. The van der Waals surface area contributed by atoms with Gasteiger partial charge in [-0.25, -0.2) is 0 Å². The van der Waals surface area contributed by atoms with Gasteiger partial charge in [0.25, 0.3) is 0 Å². The molecule has 1 fully saturated rings. The molecule has 0 aromatic carbocycles. The largest absolute Gasteiger partial charge is 0.391 e. The number of aliphatic hydroxyl groups excluding tert-OH is 1. The topological polar surface area (TPSA) is 46.2 Å². The summed E-state index contributed by atoms with van der Waals surface area (Å²) >= 11 is 0. The number of aliphatic hydroxyl groups is 1. The third kappa shape index (κ3) is 2.96. The van der Waals surface area contributed by atoms with Gasteiger partial charge in [-0.1, -0.05) is 13.8 Å². The van der Waals surface area contributed by atoms with Crippen molar-refractivity contribution in [2.45, 2.75) is 58.6 Å². The summed E-state index contributed by atoms with van der Waals surface area (Å²) in [5, 5.41) is 9.80. The van der Waals surface area contributed by atoms with Crippen LogP contribution in [0.15, 0.2) is 0 Å². The summed E-state index contributed by atoms with van der Waals surface area (Å²) in [6, 6.07) is -0.0776. The highest BCUT2D eigenvalue weighted by atomic mass is 16.3. The highest BCUT2D eigenvalue weighted by Gasteiger charge is 2.31. The Bertz CT molecular complexity index is 155. The third-order valence-electron chi connectivity index (χ3n) is 3.41. The fourth-order valence-electron chi connectivity index (χ4n) is 2.19. The first-order chi connectivity index (χ1) is 5.92. The Balaban J connectivity index is 2.41. The molecule has 0 bridgehead atoms. The first-order valence-electron chi connectivity index (χ1n) is 5.36. The van der Waals surface area contributed by atoms with Crippen LogP contribution in [-0.2, 0) is 0 Å². The zero-order chi connectivity index (χ0) is 10.1. The fraction of sp³-hybridized carbons (Fsp3) is 1.00. The lowest BCUT2D eigenvalue weighted by Crippen LogP contribution is -2.40. The van der Waals surface area contributed by atoms with Crippen LogP contribution in [0.2, 0.25) is 0 Å². The molecule has 1 saturated carbocycles. The number of rotatable bonds is 2. The quantitative estimate of drug-likeness (QED) is 0.690. The van der Waals surface area contributed by atoms with E-state index in [0.29, 0.717) is 11.3 Å². The maximum absolute atomic E-state index is 9.80. The molecule has 1 aliphatic carbocycles. The molecule has 2 atom stereocenters. The van der Waals surface area contributed by atoms with E-state index in [2.05, 4.69) is 13.8 Å². The molecule has 3 N–H and O–H groups in total. The van der Waals surface area contributed by atoms with E-state index < -0.39 is 0 Å². The Morgan fingerprint density at radius 2 is 1.77 bits per heavy atom. The fourth-order valence-corrected chi connectivity index (χ4v) is 2.19. The Morgan fingerprint density at radius 1 is 1.31 bits per heavy atom. The van der Waals surface area contributed by atoms with Gasteiger partial charge in [-0.2, -0.15) is 0 Å². The second-order valence-electron chi connectivity index (χ2n) is 5.35. The predicted molar refractivity (Wildman–Crippen MR) is 55.4 cm³/mol. The van der Waals surface area contributed by atoms with E-state index in [1.54, 1.807) is 0 Å². The van der Waals surface area contributed by atoms with Crippen LogP contribution in [-0.4, -0.2) is 17.3 Å². The van der Waals surface area contributed by atoms with E-state index in [1.807, 2.05) is 6.92 Å². The van der Waals surface area contributed by atoms with Gasteiger partial charge in [-0.05, 0) is 43.9 Å². The molecule has 1 rings (SSSR count). The second-order valence-corrected chi connectivity index (χ2v) is 5.35. The van der Waals surface area contributed by atoms with Crippen LogP contribution in [0.3, 0.4) is 0 Å². The van der Waals surface area contributed by atoms with Crippen molar-refractivity contribution in [1.29, 1.82) is 0 Å². The molecule has 0 radical (unpaired) electrons. The van der Waals surface area contributed by atoms with Gasteiger partial charge in [-0.3, -0.25) is 0 Å². The van der Waals surface area contributed by atoms with Gasteiger partial charge < -0.3 is 10.8 Å². The highest BCUT2D eigenvalue weighted by molar-refractivity contribution is 4.84. The minimum Gasteiger partial charge on any atom is -0.391 e. The normalized spacial score (nSPS) is 28.4. The lowest BCUT2D eigenvalue weighted by atomic mass is 9.71. The van der Waals surface area contributed by atoms with Crippen molar-refractivity contribution >= 4 is 0 Å². The summed E-state index contributed by atoms with van der Waals surface area (Å²) in [7, 11) is 0. The Morgan fingerprint density at radius 3 is 2.15 bits per heavy atom. The van der Waals surface area contributed by atoms with Crippen molar-refractivity contribution in [1.82, 2.24) is 0 Å². The molecule has 78 valence electrons. The highest BCUT2D eigenvalue weighted by Crippen LogP contribution is 2.39. The van der Waals surface area contributed by atoms with E-state index >= 15 is 0 Å². The SMILES string of the molecule is CC(N)C(O)C1CCC(C)(C)CC1. The lowest BCUT2D eigenvalue weighted by molar-refractivity contribution is 0.0434.